The zero-order valence-corrected chi connectivity index (χ0v) is 33.5. The number of hydrogen-bond acceptors (Lipinski definition) is 13. The molecule has 16 heteroatoms. The highest BCUT2D eigenvalue weighted by Gasteiger charge is 2.28. The van der Waals surface area contributed by atoms with Crippen LogP contribution in [0.4, 0.5) is 22.3 Å². The lowest BCUT2D eigenvalue weighted by atomic mass is 9.94. The summed E-state index contributed by atoms with van der Waals surface area (Å²) in [6.07, 6.45) is 1.20. The molecule has 1 aliphatic rings. The molecular formula is C42H41N7O7S2. The molecule has 2 aromatic heterocycles. The molecule has 0 unspecified atom stereocenters. The van der Waals surface area contributed by atoms with Crippen molar-refractivity contribution in [3.63, 3.8) is 0 Å². The molecule has 4 aromatic carbocycles. The number of amides is 1. The van der Waals surface area contributed by atoms with Gasteiger partial charge in [-0.15, -0.1) is 0 Å². The molecule has 0 aliphatic carbocycles. The topological polar surface area (TPSA) is 177 Å². The predicted molar refractivity (Wildman–Crippen MR) is 225 cm³/mol. The van der Waals surface area contributed by atoms with E-state index in [0.29, 0.717) is 54.7 Å². The number of anilines is 3. The summed E-state index contributed by atoms with van der Waals surface area (Å²) in [5.41, 5.74) is 2.76. The number of nitrogens with zero attached hydrogens (tertiary/aromatic N) is 5. The Labute approximate surface area is 339 Å². The number of fused-ring (bicyclic) bond motifs is 2. The van der Waals surface area contributed by atoms with E-state index in [1.54, 1.807) is 18.2 Å². The Morgan fingerprint density at radius 2 is 1.74 bits per heavy atom. The SMILES string of the molecule is CN(C)CC[C@H](COc1ccccc1)Nc1ccc(S(=O)(=O)CC(=O)c2cccc(N3CCc4cccc(C(=O)Nc5nc6ccccc6s5)c4C3)n2)cc1[N+](=O)[O-]. The normalized spacial score (nSPS) is 13.2. The van der Waals surface area contributed by atoms with Crippen molar-refractivity contribution in [3.05, 3.63) is 142 Å². The number of benzene rings is 4. The van der Waals surface area contributed by atoms with Crippen LogP contribution in [0.5, 0.6) is 5.75 Å². The quantitative estimate of drug-likeness (QED) is 0.0589. The smallest absolute Gasteiger partial charge is 0.293 e. The first-order chi connectivity index (χ1) is 27.9. The van der Waals surface area contributed by atoms with Gasteiger partial charge in [0.15, 0.2) is 20.8 Å². The van der Waals surface area contributed by atoms with Gasteiger partial charge < -0.3 is 19.9 Å². The number of carbonyl (C=O) groups is 2. The van der Waals surface area contributed by atoms with Crippen LogP contribution in [-0.2, 0) is 22.8 Å². The molecule has 2 N–H and O–H groups in total. The minimum absolute atomic E-state index is 0.0660. The minimum Gasteiger partial charge on any atom is -0.491 e. The van der Waals surface area contributed by atoms with Crippen molar-refractivity contribution in [1.29, 1.82) is 0 Å². The summed E-state index contributed by atoms with van der Waals surface area (Å²) in [6, 6.07) is 30.5. The molecule has 298 valence electrons. The third kappa shape index (κ3) is 9.48. The fourth-order valence-corrected chi connectivity index (χ4v) is 8.77. The maximum atomic E-state index is 13.6. The molecule has 0 saturated carbocycles. The van der Waals surface area contributed by atoms with Gasteiger partial charge in [0.2, 0.25) is 0 Å². The average molecular weight is 820 g/mol. The van der Waals surface area contributed by atoms with E-state index in [4.69, 9.17) is 4.74 Å². The number of thiazole rings is 1. The largest absolute Gasteiger partial charge is 0.491 e. The fourth-order valence-electron chi connectivity index (χ4n) is 6.69. The van der Waals surface area contributed by atoms with Gasteiger partial charge in [-0.25, -0.2) is 18.4 Å². The number of rotatable bonds is 16. The number of ether oxygens (including phenoxy) is 1. The third-order valence-corrected chi connectivity index (χ3v) is 12.3. The van der Waals surface area contributed by atoms with Gasteiger partial charge in [0.1, 0.15) is 35.3 Å². The number of nitro groups is 1. The Balaban J connectivity index is 1.04. The summed E-state index contributed by atoms with van der Waals surface area (Å²) >= 11 is 1.39. The highest BCUT2D eigenvalue weighted by atomic mass is 32.2. The van der Waals surface area contributed by atoms with E-state index < -0.39 is 32.0 Å². The van der Waals surface area contributed by atoms with Gasteiger partial charge in [0.25, 0.3) is 11.6 Å². The molecule has 14 nitrogen and oxygen atoms in total. The van der Waals surface area contributed by atoms with Crippen molar-refractivity contribution in [2.75, 3.05) is 55.1 Å². The Hall–Kier alpha value is -6.23. The number of sulfone groups is 1. The molecule has 0 fully saturated rings. The molecule has 58 heavy (non-hydrogen) atoms. The number of nitrogens with one attached hydrogen (secondary N) is 2. The van der Waals surface area contributed by atoms with Gasteiger partial charge in [0, 0.05) is 24.7 Å². The number of aromatic nitrogens is 2. The summed E-state index contributed by atoms with van der Waals surface area (Å²) in [5.74, 6) is -0.895. The minimum atomic E-state index is -4.32. The molecule has 7 rings (SSSR count). The van der Waals surface area contributed by atoms with E-state index in [9.17, 15) is 28.1 Å². The molecule has 0 spiro atoms. The first-order valence-electron chi connectivity index (χ1n) is 18.6. The Kier molecular flexibility index (Phi) is 12.1. The van der Waals surface area contributed by atoms with Gasteiger partial charge >= 0.3 is 0 Å². The number of nitro benzene ring substituents is 1. The van der Waals surface area contributed by atoms with E-state index in [0.717, 1.165) is 27.4 Å². The van der Waals surface area contributed by atoms with Crippen LogP contribution in [0.2, 0.25) is 0 Å². The van der Waals surface area contributed by atoms with Crippen molar-refractivity contribution < 1.29 is 27.7 Å². The van der Waals surface area contributed by atoms with Crippen molar-refractivity contribution in [1.82, 2.24) is 14.9 Å². The number of ketones is 1. The Morgan fingerprint density at radius 3 is 2.52 bits per heavy atom. The molecular weight excluding hydrogens is 779 g/mol. The molecule has 3 heterocycles. The highest BCUT2D eigenvalue weighted by molar-refractivity contribution is 7.92. The molecule has 1 aliphatic heterocycles. The van der Waals surface area contributed by atoms with Gasteiger partial charge in [-0.3, -0.25) is 25.0 Å². The van der Waals surface area contributed by atoms with Crippen LogP contribution in [0.15, 0.2) is 114 Å². The van der Waals surface area contributed by atoms with Crippen molar-refractivity contribution >= 4 is 65.4 Å². The summed E-state index contributed by atoms with van der Waals surface area (Å²) < 4.78 is 34.1. The van der Waals surface area contributed by atoms with Crippen LogP contribution in [0.3, 0.4) is 0 Å². The number of para-hydroxylation sites is 2. The summed E-state index contributed by atoms with van der Waals surface area (Å²) in [5, 5.41) is 18.8. The maximum Gasteiger partial charge on any atom is 0.293 e. The zero-order valence-electron chi connectivity index (χ0n) is 31.8. The lowest BCUT2D eigenvalue weighted by Crippen LogP contribution is -2.33. The molecule has 0 bridgehead atoms. The monoisotopic (exact) mass is 819 g/mol. The zero-order chi connectivity index (χ0) is 40.8. The van der Waals surface area contributed by atoms with Crippen molar-refractivity contribution in [2.45, 2.75) is 30.3 Å². The summed E-state index contributed by atoms with van der Waals surface area (Å²) in [7, 11) is -0.483. The first kappa shape index (κ1) is 40.0. The second-order valence-electron chi connectivity index (χ2n) is 14.1. The van der Waals surface area contributed by atoms with Crippen molar-refractivity contribution in [3.8, 4) is 5.75 Å². The Bertz CT molecular complexity index is 2550. The summed E-state index contributed by atoms with van der Waals surface area (Å²) in [6.45, 7) is 1.76. The lowest BCUT2D eigenvalue weighted by molar-refractivity contribution is -0.384. The van der Waals surface area contributed by atoms with Gasteiger partial charge in [-0.2, -0.15) is 0 Å². The van der Waals surface area contributed by atoms with E-state index in [1.807, 2.05) is 90.6 Å². The number of Topliss-reactive ketones (excluding diaryl/α,β-unsaturated/α-hetero) is 1. The molecule has 1 atom stereocenters. The van der Waals surface area contributed by atoms with Crippen molar-refractivity contribution in [2.24, 2.45) is 0 Å². The second-order valence-corrected chi connectivity index (χ2v) is 17.1. The number of hydrogen-bond donors (Lipinski definition) is 2. The van der Waals surface area contributed by atoms with Crippen LogP contribution in [0.25, 0.3) is 10.2 Å². The molecule has 6 aromatic rings. The second kappa shape index (κ2) is 17.5. The van der Waals surface area contributed by atoms with Crippen LogP contribution < -0.4 is 20.3 Å². The highest BCUT2D eigenvalue weighted by Crippen LogP contribution is 2.31. The maximum absolute atomic E-state index is 13.6. The van der Waals surface area contributed by atoms with Crippen LogP contribution in [0, 0.1) is 10.1 Å². The lowest BCUT2D eigenvalue weighted by Gasteiger charge is -2.31. The van der Waals surface area contributed by atoms with E-state index in [1.165, 1.54) is 29.5 Å². The van der Waals surface area contributed by atoms with Gasteiger partial charge in [-0.1, -0.05) is 59.9 Å². The predicted octanol–water partition coefficient (Wildman–Crippen LogP) is 6.88. The standard InChI is InChI=1S/C42H41N7O7S2/c1-47(2)22-21-29(26-56-30-11-4-3-5-12-30)43-34-19-18-31(24-37(34)49(52)53)58(54,55)27-38(50)35-15-9-17-40(44-35)48-23-20-28-10-8-13-32(33(28)25-48)41(51)46-42-45-36-14-6-7-16-39(36)57-42/h3-19,24,29,43H,20-23,25-27H2,1-2H3,(H,45,46,51)/t29-/m1/s1. The Morgan fingerprint density at radius 1 is 0.966 bits per heavy atom. The molecule has 0 radical (unpaired) electrons. The average Bonchev–Trinajstić information content (AvgIpc) is 3.64. The third-order valence-electron chi connectivity index (χ3n) is 9.70. The van der Waals surface area contributed by atoms with E-state index >= 15 is 0 Å². The summed E-state index contributed by atoms with van der Waals surface area (Å²) in [4.78, 5) is 51.3. The van der Waals surface area contributed by atoms with E-state index in [2.05, 4.69) is 20.6 Å². The molecule has 1 amide bonds. The number of pyridine rings is 1. The number of carbonyl (C=O) groups excluding carboxylic acids is 2. The van der Waals surface area contributed by atoms with Gasteiger partial charge in [-0.05, 0) is 99.2 Å². The molecule has 0 saturated heterocycles. The van der Waals surface area contributed by atoms with Crippen LogP contribution >= 0.6 is 11.3 Å². The van der Waals surface area contributed by atoms with Gasteiger partial charge in [0.05, 0.1) is 26.1 Å². The van der Waals surface area contributed by atoms with Crippen LogP contribution in [0.1, 0.15) is 38.4 Å². The van der Waals surface area contributed by atoms with E-state index in [-0.39, 0.29) is 34.8 Å². The first-order valence-corrected chi connectivity index (χ1v) is 21.0. The fraction of sp³-hybridized carbons (Fsp3) is 0.238. The van der Waals surface area contributed by atoms with Crippen LogP contribution in [-0.4, -0.2) is 85.5 Å².